The van der Waals surface area contributed by atoms with Crippen molar-refractivity contribution in [3.05, 3.63) is 24.3 Å². The molecule has 0 heterocycles. The van der Waals surface area contributed by atoms with Gasteiger partial charge in [0.15, 0.2) is 0 Å². The van der Waals surface area contributed by atoms with Crippen molar-refractivity contribution in [3.63, 3.8) is 0 Å². The normalized spacial score (nSPS) is 16.5. The number of benzene rings is 1. The van der Waals surface area contributed by atoms with Crippen molar-refractivity contribution < 1.29 is 4.74 Å². The van der Waals surface area contributed by atoms with Crippen LogP contribution >= 0.6 is 11.8 Å². The van der Waals surface area contributed by atoms with E-state index < -0.39 is 0 Å². The second-order valence-corrected chi connectivity index (χ2v) is 5.35. The summed E-state index contributed by atoms with van der Waals surface area (Å²) in [6.45, 7) is 0. The second kappa shape index (κ2) is 4.80. The molecule has 3 heteroatoms. The fraction of sp³-hybridized carbons (Fsp3) is 0.462. The number of nitriles is 1. The van der Waals surface area contributed by atoms with E-state index in [4.69, 9.17) is 10.00 Å². The molecular weight excluding hydrogens is 218 g/mol. The van der Waals surface area contributed by atoms with Gasteiger partial charge in [-0.05, 0) is 42.5 Å². The summed E-state index contributed by atoms with van der Waals surface area (Å²) in [6, 6.07) is 10.4. The van der Waals surface area contributed by atoms with Gasteiger partial charge in [0.25, 0.3) is 0 Å². The molecule has 0 N–H and O–H groups in total. The summed E-state index contributed by atoms with van der Waals surface area (Å²) >= 11 is 1.84. The zero-order chi connectivity index (χ0) is 11.4. The van der Waals surface area contributed by atoms with Gasteiger partial charge in [-0.3, -0.25) is 0 Å². The predicted octanol–water partition coefficient (Wildman–Crippen LogP) is 3.48. The minimum Gasteiger partial charge on any atom is -0.497 e. The Morgan fingerprint density at radius 1 is 1.38 bits per heavy atom. The fourth-order valence-corrected chi connectivity index (χ4v) is 2.82. The highest BCUT2D eigenvalue weighted by Gasteiger charge is 2.42. The molecule has 1 aromatic carbocycles. The van der Waals surface area contributed by atoms with Gasteiger partial charge in [-0.2, -0.15) is 5.26 Å². The lowest BCUT2D eigenvalue weighted by Crippen LogP contribution is -2.02. The van der Waals surface area contributed by atoms with Crippen molar-refractivity contribution in [1.29, 1.82) is 5.26 Å². The molecule has 0 spiro atoms. The molecule has 0 radical (unpaired) electrons. The number of nitrogens with zero attached hydrogens (tertiary/aromatic N) is 1. The third kappa shape index (κ3) is 2.70. The first-order valence-corrected chi connectivity index (χ1v) is 6.40. The van der Waals surface area contributed by atoms with Gasteiger partial charge in [0.1, 0.15) is 5.75 Å². The molecule has 2 nitrogen and oxygen atoms in total. The first kappa shape index (κ1) is 11.3. The largest absolute Gasteiger partial charge is 0.497 e. The lowest BCUT2D eigenvalue weighted by Gasteiger charge is -2.10. The van der Waals surface area contributed by atoms with Gasteiger partial charge < -0.3 is 4.74 Å². The minimum absolute atomic E-state index is 0.319. The Labute approximate surface area is 101 Å². The van der Waals surface area contributed by atoms with Crippen LogP contribution in [0.2, 0.25) is 0 Å². The molecule has 0 unspecified atom stereocenters. The van der Waals surface area contributed by atoms with E-state index in [1.165, 1.54) is 17.7 Å². The molecule has 0 amide bonds. The highest BCUT2D eigenvalue weighted by molar-refractivity contribution is 7.99. The summed E-state index contributed by atoms with van der Waals surface area (Å²) in [5.74, 6) is 1.95. The van der Waals surface area contributed by atoms with E-state index in [0.717, 1.165) is 11.5 Å². The number of hydrogen-bond acceptors (Lipinski definition) is 3. The van der Waals surface area contributed by atoms with E-state index in [9.17, 15) is 0 Å². The number of rotatable bonds is 5. The number of methoxy groups -OCH3 is 1. The third-order valence-electron chi connectivity index (χ3n) is 3.02. The molecule has 0 bridgehead atoms. The third-order valence-corrected chi connectivity index (χ3v) is 4.38. The van der Waals surface area contributed by atoms with Gasteiger partial charge >= 0.3 is 0 Å². The van der Waals surface area contributed by atoms with Crippen LogP contribution in [0.1, 0.15) is 19.3 Å². The van der Waals surface area contributed by atoms with Crippen molar-refractivity contribution in [2.24, 2.45) is 5.41 Å². The lowest BCUT2D eigenvalue weighted by molar-refractivity contribution is 0.414. The van der Waals surface area contributed by atoms with Crippen molar-refractivity contribution in [3.8, 4) is 11.8 Å². The first-order chi connectivity index (χ1) is 7.78. The number of ether oxygens (including phenoxy) is 1. The molecule has 0 aromatic heterocycles. The SMILES string of the molecule is COc1ccc(SCC2(CC#N)CC2)cc1. The van der Waals surface area contributed by atoms with E-state index in [1.54, 1.807) is 7.11 Å². The molecule has 1 saturated carbocycles. The maximum Gasteiger partial charge on any atom is 0.118 e. The fourth-order valence-electron chi connectivity index (χ4n) is 1.63. The molecule has 2 rings (SSSR count). The Morgan fingerprint density at radius 3 is 2.56 bits per heavy atom. The summed E-state index contributed by atoms with van der Waals surface area (Å²) in [6.07, 6.45) is 3.13. The highest BCUT2D eigenvalue weighted by atomic mass is 32.2. The quantitative estimate of drug-likeness (QED) is 0.730. The van der Waals surface area contributed by atoms with E-state index in [-0.39, 0.29) is 0 Å². The Bertz CT molecular complexity index is 389. The summed E-state index contributed by atoms with van der Waals surface area (Å²) in [7, 11) is 1.67. The van der Waals surface area contributed by atoms with Gasteiger partial charge in [-0.1, -0.05) is 0 Å². The average molecular weight is 233 g/mol. The predicted molar refractivity (Wildman–Crippen MR) is 65.6 cm³/mol. The van der Waals surface area contributed by atoms with Gasteiger partial charge in [-0.25, -0.2) is 0 Å². The van der Waals surface area contributed by atoms with Crippen LogP contribution in [-0.4, -0.2) is 12.9 Å². The minimum atomic E-state index is 0.319. The van der Waals surface area contributed by atoms with Crippen LogP contribution in [0.3, 0.4) is 0 Å². The number of thioether (sulfide) groups is 1. The van der Waals surface area contributed by atoms with Crippen molar-refractivity contribution in [2.45, 2.75) is 24.2 Å². The maximum absolute atomic E-state index is 8.73. The van der Waals surface area contributed by atoms with Gasteiger partial charge in [-0.15, -0.1) is 11.8 Å². The molecule has 0 saturated heterocycles. The zero-order valence-electron chi connectivity index (χ0n) is 9.40. The van der Waals surface area contributed by atoms with E-state index in [0.29, 0.717) is 11.8 Å². The summed E-state index contributed by atoms with van der Waals surface area (Å²) < 4.78 is 5.11. The Kier molecular flexibility index (Phi) is 3.40. The van der Waals surface area contributed by atoms with E-state index in [2.05, 4.69) is 18.2 Å². The molecular formula is C13H15NOS. The highest BCUT2D eigenvalue weighted by Crippen LogP contribution is 2.51. The van der Waals surface area contributed by atoms with Crippen LogP contribution in [0.5, 0.6) is 5.75 Å². The van der Waals surface area contributed by atoms with Crippen LogP contribution in [-0.2, 0) is 0 Å². The molecule has 1 aromatic rings. The topological polar surface area (TPSA) is 33.0 Å². The summed E-state index contributed by atoms with van der Waals surface area (Å²) in [5, 5.41) is 8.73. The second-order valence-electron chi connectivity index (χ2n) is 4.30. The van der Waals surface area contributed by atoms with Crippen LogP contribution in [0.15, 0.2) is 29.2 Å². The molecule has 1 aliphatic carbocycles. The first-order valence-electron chi connectivity index (χ1n) is 5.42. The van der Waals surface area contributed by atoms with Crippen LogP contribution in [0.4, 0.5) is 0 Å². The van der Waals surface area contributed by atoms with Crippen LogP contribution in [0, 0.1) is 16.7 Å². The standard InChI is InChI=1S/C13H15NOS/c1-15-11-2-4-12(5-3-11)16-10-13(6-7-13)8-9-14/h2-5H,6-8,10H2,1H3. The molecule has 1 fully saturated rings. The average Bonchev–Trinajstić information content (AvgIpc) is 3.08. The smallest absolute Gasteiger partial charge is 0.118 e. The molecule has 1 aliphatic rings. The molecule has 16 heavy (non-hydrogen) atoms. The van der Waals surface area contributed by atoms with Crippen molar-refractivity contribution in [2.75, 3.05) is 12.9 Å². The Balaban J connectivity index is 1.88. The Morgan fingerprint density at radius 2 is 2.06 bits per heavy atom. The Hall–Kier alpha value is -1.14. The van der Waals surface area contributed by atoms with Crippen molar-refractivity contribution >= 4 is 11.8 Å². The maximum atomic E-state index is 8.73. The van der Waals surface area contributed by atoms with Gasteiger partial charge in [0.05, 0.1) is 13.2 Å². The monoisotopic (exact) mass is 233 g/mol. The lowest BCUT2D eigenvalue weighted by atomic mass is 10.1. The van der Waals surface area contributed by atoms with Crippen LogP contribution < -0.4 is 4.74 Å². The number of hydrogen-bond donors (Lipinski definition) is 0. The van der Waals surface area contributed by atoms with Gasteiger partial charge in [0, 0.05) is 17.1 Å². The molecule has 84 valence electrons. The summed E-state index contributed by atoms with van der Waals surface area (Å²) in [5.41, 5.74) is 0.319. The molecule has 0 aliphatic heterocycles. The van der Waals surface area contributed by atoms with Crippen molar-refractivity contribution in [1.82, 2.24) is 0 Å². The summed E-state index contributed by atoms with van der Waals surface area (Å²) in [4.78, 5) is 1.25. The molecule has 0 atom stereocenters. The zero-order valence-corrected chi connectivity index (χ0v) is 10.2. The van der Waals surface area contributed by atoms with E-state index >= 15 is 0 Å². The van der Waals surface area contributed by atoms with E-state index in [1.807, 2.05) is 23.9 Å². The van der Waals surface area contributed by atoms with Gasteiger partial charge in [0.2, 0.25) is 0 Å². The van der Waals surface area contributed by atoms with Crippen LogP contribution in [0.25, 0.3) is 0 Å².